The van der Waals surface area contributed by atoms with Crippen LogP contribution >= 0.6 is 12.4 Å². The second-order valence-corrected chi connectivity index (χ2v) is 6.58. The molecule has 4 nitrogen and oxygen atoms in total. The number of anilines is 1. The van der Waals surface area contributed by atoms with E-state index in [1.165, 1.54) is 5.56 Å². The van der Waals surface area contributed by atoms with Crippen LogP contribution in [-0.4, -0.2) is 39.8 Å². The third-order valence-electron chi connectivity index (χ3n) is 4.66. The number of methoxy groups -OCH3 is 1. The summed E-state index contributed by atoms with van der Waals surface area (Å²) in [5, 5.41) is 3.33. The summed E-state index contributed by atoms with van der Waals surface area (Å²) in [7, 11) is 3.55. The van der Waals surface area contributed by atoms with Crippen LogP contribution in [0.1, 0.15) is 38.2 Å². The molecular formula is C18H29ClN2O2. The molecule has 1 aromatic carbocycles. The van der Waals surface area contributed by atoms with Gasteiger partial charge in [0.15, 0.2) is 0 Å². The van der Waals surface area contributed by atoms with Gasteiger partial charge in [0.2, 0.25) is 5.91 Å². The number of rotatable bonds is 5. The monoisotopic (exact) mass is 340 g/mol. The lowest BCUT2D eigenvalue weighted by Crippen LogP contribution is -2.50. The Kier molecular flexibility index (Phi) is 7.52. The Labute approximate surface area is 146 Å². The fourth-order valence-corrected chi connectivity index (χ4v) is 3.17. The summed E-state index contributed by atoms with van der Waals surface area (Å²) >= 11 is 0. The number of piperidine rings is 1. The van der Waals surface area contributed by atoms with Crippen molar-refractivity contribution in [2.24, 2.45) is 5.41 Å². The Bertz CT molecular complexity index is 508. The van der Waals surface area contributed by atoms with E-state index in [2.05, 4.69) is 31.3 Å². The zero-order chi connectivity index (χ0) is 16.2. The lowest BCUT2D eigenvalue weighted by molar-refractivity contribution is -0.133. The molecule has 1 saturated heterocycles. The number of nitrogens with zero attached hydrogens (tertiary/aromatic N) is 1. The number of hydrogen-bond acceptors (Lipinski definition) is 3. The van der Waals surface area contributed by atoms with Crippen molar-refractivity contribution in [2.45, 2.75) is 32.6 Å². The van der Waals surface area contributed by atoms with Crippen molar-refractivity contribution in [1.29, 1.82) is 0 Å². The summed E-state index contributed by atoms with van der Waals surface area (Å²) < 4.78 is 5.38. The average molecular weight is 341 g/mol. The molecule has 2 rings (SSSR count). The van der Waals surface area contributed by atoms with E-state index in [1.807, 2.05) is 19.2 Å². The molecule has 1 aliphatic rings. The minimum Gasteiger partial charge on any atom is -0.384 e. The second kappa shape index (κ2) is 8.67. The van der Waals surface area contributed by atoms with Crippen LogP contribution in [-0.2, 0) is 9.53 Å². The van der Waals surface area contributed by atoms with Crippen LogP contribution in [0.4, 0.5) is 5.69 Å². The number of ether oxygens (including phenoxy) is 1. The van der Waals surface area contributed by atoms with Crippen molar-refractivity contribution in [2.75, 3.05) is 38.8 Å². The van der Waals surface area contributed by atoms with Crippen molar-refractivity contribution in [3.8, 4) is 0 Å². The normalized spacial score (nSPS) is 16.7. The molecule has 1 fully saturated rings. The topological polar surface area (TPSA) is 41.6 Å². The number of hydrogen-bond donors (Lipinski definition) is 1. The van der Waals surface area contributed by atoms with E-state index < -0.39 is 5.41 Å². The zero-order valence-corrected chi connectivity index (χ0v) is 15.4. The van der Waals surface area contributed by atoms with Gasteiger partial charge in [0.05, 0.1) is 12.0 Å². The van der Waals surface area contributed by atoms with E-state index in [4.69, 9.17) is 4.74 Å². The highest BCUT2D eigenvalue weighted by Crippen LogP contribution is 2.33. The van der Waals surface area contributed by atoms with E-state index in [0.717, 1.165) is 31.6 Å². The molecule has 0 bridgehead atoms. The number of benzene rings is 1. The summed E-state index contributed by atoms with van der Waals surface area (Å²) in [6.45, 7) is 6.56. The van der Waals surface area contributed by atoms with Gasteiger partial charge in [-0.3, -0.25) is 4.79 Å². The number of halogens is 1. The molecule has 130 valence electrons. The van der Waals surface area contributed by atoms with Gasteiger partial charge in [-0.25, -0.2) is 0 Å². The standard InChI is InChI=1S/C18H28N2O2.ClH/c1-14(2)15-6-5-7-16(12-15)20(3)17(21)18(13-22-4)8-10-19-11-9-18;/h5-7,12,14,19H,8-11,13H2,1-4H3;1H. The molecule has 0 aliphatic carbocycles. The van der Waals surface area contributed by atoms with Gasteiger partial charge in [-0.1, -0.05) is 26.0 Å². The fraction of sp³-hybridized carbons (Fsp3) is 0.611. The minimum absolute atomic E-state index is 0. The van der Waals surface area contributed by atoms with Gasteiger partial charge in [0.1, 0.15) is 0 Å². The Morgan fingerprint density at radius 2 is 2.00 bits per heavy atom. The maximum atomic E-state index is 13.1. The smallest absolute Gasteiger partial charge is 0.235 e. The molecule has 1 N–H and O–H groups in total. The number of carbonyl (C=O) groups excluding carboxylic acids is 1. The summed E-state index contributed by atoms with van der Waals surface area (Å²) in [5.41, 5.74) is 1.82. The lowest BCUT2D eigenvalue weighted by Gasteiger charge is -2.38. The average Bonchev–Trinajstić information content (AvgIpc) is 2.54. The highest BCUT2D eigenvalue weighted by Gasteiger charge is 2.41. The number of nitrogens with one attached hydrogen (secondary N) is 1. The number of amides is 1. The summed E-state index contributed by atoms with van der Waals surface area (Å²) in [6, 6.07) is 8.26. The van der Waals surface area contributed by atoms with Gasteiger partial charge in [-0.2, -0.15) is 0 Å². The highest BCUT2D eigenvalue weighted by atomic mass is 35.5. The second-order valence-electron chi connectivity index (χ2n) is 6.58. The van der Waals surface area contributed by atoms with Gasteiger partial charge < -0.3 is 15.0 Å². The summed E-state index contributed by atoms with van der Waals surface area (Å²) in [4.78, 5) is 14.9. The van der Waals surface area contributed by atoms with Crippen molar-refractivity contribution in [1.82, 2.24) is 5.32 Å². The fourth-order valence-electron chi connectivity index (χ4n) is 3.17. The van der Waals surface area contributed by atoms with Crippen LogP contribution in [0.3, 0.4) is 0 Å². The van der Waals surface area contributed by atoms with Gasteiger partial charge in [0, 0.05) is 19.8 Å². The molecule has 0 aromatic heterocycles. The maximum Gasteiger partial charge on any atom is 0.235 e. The first-order chi connectivity index (χ1) is 10.5. The molecule has 1 aliphatic heterocycles. The molecule has 23 heavy (non-hydrogen) atoms. The van der Waals surface area contributed by atoms with E-state index in [-0.39, 0.29) is 18.3 Å². The predicted octanol–water partition coefficient (Wildman–Crippen LogP) is 3.21. The van der Waals surface area contributed by atoms with Crippen LogP contribution < -0.4 is 10.2 Å². The quantitative estimate of drug-likeness (QED) is 0.894. The van der Waals surface area contributed by atoms with E-state index in [0.29, 0.717) is 12.5 Å². The molecule has 1 amide bonds. The first-order valence-electron chi connectivity index (χ1n) is 8.08. The first kappa shape index (κ1) is 19.9. The van der Waals surface area contributed by atoms with E-state index >= 15 is 0 Å². The Hall–Kier alpha value is -1.10. The van der Waals surface area contributed by atoms with Gasteiger partial charge in [-0.05, 0) is 49.5 Å². The van der Waals surface area contributed by atoms with Gasteiger partial charge in [0.25, 0.3) is 0 Å². The SMILES string of the molecule is COCC1(C(=O)N(C)c2cccc(C(C)C)c2)CCNCC1.Cl. The Balaban J connectivity index is 0.00000264. The Morgan fingerprint density at radius 1 is 1.35 bits per heavy atom. The number of carbonyl (C=O) groups is 1. The van der Waals surface area contributed by atoms with Crippen LogP contribution in [0, 0.1) is 5.41 Å². The highest BCUT2D eigenvalue weighted by molar-refractivity contribution is 5.97. The molecule has 0 spiro atoms. The van der Waals surface area contributed by atoms with Crippen LogP contribution in [0.5, 0.6) is 0 Å². The summed E-state index contributed by atoms with van der Waals surface area (Å²) in [6.07, 6.45) is 1.65. The molecule has 1 heterocycles. The Morgan fingerprint density at radius 3 is 2.57 bits per heavy atom. The molecule has 5 heteroatoms. The lowest BCUT2D eigenvalue weighted by atomic mass is 9.78. The summed E-state index contributed by atoms with van der Waals surface area (Å²) in [5.74, 6) is 0.618. The third-order valence-corrected chi connectivity index (χ3v) is 4.66. The third kappa shape index (κ3) is 4.46. The molecule has 1 aromatic rings. The largest absolute Gasteiger partial charge is 0.384 e. The van der Waals surface area contributed by atoms with Gasteiger partial charge >= 0.3 is 0 Å². The van der Waals surface area contributed by atoms with Crippen LogP contribution in [0.25, 0.3) is 0 Å². The van der Waals surface area contributed by atoms with E-state index in [9.17, 15) is 4.79 Å². The first-order valence-corrected chi connectivity index (χ1v) is 8.08. The van der Waals surface area contributed by atoms with Crippen LogP contribution in [0.2, 0.25) is 0 Å². The van der Waals surface area contributed by atoms with Gasteiger partial charge in [-0.15, -0.1) is 12.4 Å². The minimum atomic E-state index is -0.400. The maximum absolute atomic E-state index is 13.1. The molecule has 0 unspecified atom stereocenters. The molecule has 0 saturated carbocycles. The van der Waals surface area contributed by atoms with E-state index in [1.54, 1.807) is 12.0 Å². The van der Waals surface area contributed by atoms with Crippen molar-refractivity contribution in [3.63, 3.8) is 0 Å². The molecular weight excluding hydrogens is 312 g/mol. The van der Waals surface area contributed by atoms with Crippen molar-refractivity contribution < 1.29 is 9.53 Å². The van der Waals surface area contributed by atoms with Crippen molar-refractivity contribution in [3.05, 3.63) is 29.8 Å². The van der Waals surface area contributed by atoms with Crippen LogP contribution in [0.15, 0.2) is 24.3 Å². The zero-order valence-electron chi connectivity index (χ0n) is 14.6. The van der Waals surface area contributed by atoms with Crippen molar-refractivity contribution >= 4 is 24.0 Å². The molecule has 0 radical (unpaired) electrons. The molecule has 0 atom stereocenters. The predicted molar refractivity (Wildman–Crippen MR) is 97.6 cm³/mol.